The van der Waals surface area contributed by atoms with Gasteiger partial charge in [0.05, 0.1) is 12.1 Å². The van der Waals surface area contributed by atoms with Crippen LogP contribution < -0.4 is 5.56 Å². The molecule has 2 heterocycles. The number of hydrogen-bond acceptors (Lipinski definition) is 5. The highest BCUT2D eigenvalue weighted by Gasteiger charge is 2.36. The lowest BCUT2D eigenvalue weighted by Gasteiger charge is -2.41. The van der Waals surface area contributed by atoms with Gasteiger partial charge in [-0.05, 0) is 72.5 Å². The van der Waals surface area contributed by atoms with Crippen LogP contribution in [-0.2, 0) is 6.54 Å². The maximum atomic E-state index is 13.2. The molecule has 7 nitrogen and oxygen atoms in total. The van der Waals surface area contributed by atoms with Gasteiger partial charge in [0.2, 0.25) is 0 Å². The quantitative estimate of drug-likeness (QED) is 0.504. The summed E-state index contributed by atoms with van der Waals surface area (Å²) in [5, 5.41) is 14.3. The van der Waals surface area contributed by atoms with Crippen molar-refractivity contribution >= 4 is 10.9 Å². The van der Waals surface area contributed by atoms with Crippen molar-refractivity contribution in [2.45, 2.75) is 103 Å². The van der Waals surface area contributed by atoms with Gasteiger partial charge in [-0.15, -0.1) is 5.10 Å². The summed E-state index contributed by atoms with van der Waals surface area (Å²) in [5.74, 6) is 1.30. The molecule has 182 valence electrons. The Morgan fingerprint density at radius 2 is 1.79 bits per heavy atom. The minimum Gasteiger partial charge on any atom is -0.322 e. The van der Waals surface area contributed by atoms with Crippen molar-refractivity contribution in [1.82, 2.24) is 30.1 Å². The molecule has 2 saturated carbocycles. The fourth-order valence-electron chi connectivity index (χ4n) is 6.19. The molecule has 0 aliphatic heterocycles. The zero-order chi connectivity index (χ0) is 23.7. The lowest BCUT2D eigenvalue weighted by atomic mass is 9.90. The molecule has 0 spiro atoms. The lowest BCUT2D eigenvalue weighted by molar-refractivity contribution is 0.0598. The van der Waals surface area contributed by atoms with Gasteiger partial charge in [0.25, 0.3) is 5.56 Å². The Morgan fingerprint density at radius 3 is 2.53 bits per heavy atom. The van der Waals surface area contributed by atoms with Crippen LogP contribution in [0.1, 0.15) is 101 Å². The van der Waals surface area contributed by atoms with E-state index in [-0.39, 0.29) is 11.6 Å². The van der Waals surface area contributed by atoms with Gasteiger partial charge in [-0.1, -0.05) is 57.6 Å². The van der Waals surface area contributed by atoms with E-state index in [1.54, 1.807) is 0 Å². The first-order valence-electron chi connectivity index (χ1n) is 13.2. The number of aryl methyl sites for hydroxylation is 1. The van der Waals surface area contributed by atoms with Gasteiger partial charge >= 0.3 is 0 Å². The van der Waals surface area contributed by atoms with E-state index >= 15 is 0 Å². The molecule has 1 aromatic carbocycles. The van der Waals surface area contributed by atoms with E-state index in [2.05, 4.69) is 63.0 Å². The minimum atomic E-state index is 0.00931. The number of hydrogen-bond donors (Lipinski definition) is 1. The van der Waals surface area contributed by atoms with Crippen LogP contribution in [0.2, 0.25) is 0 Å². The second-order valence-corrected chi connectivity index (χ2v) is 10.8. The largest absolute Gasteiger partial charge is 0.322 e. The molecule has 5 rings (SSSR count). The number of benzene rings is 1. The van der Waals surface area contributed by atoms with Crippen LogP contribution in [0.3, 0.4) is 0 Å². The number of nitrogens with zero attached hydrogens (tertiary/aromatic N) is 5. The number of pyridine rings is 1. The summed E-state index contributed by atoms with van der Waals surface area (Å²) in [6.45, 7) is 7.24. The fourth-order valence-corrected chi connectivity index (χ4v) is 6.19. The van der Waals surface area contributed by atoms with Gasteiger partial charge in [0, 0.05) is 23.7 Å². The molecule has 3 aromatic rings. The number of fused-ring (bicyclic) bond motifs is 1. The monoisotopic (exact) mass is 462 g/mol. The molecule has 1 N–H and O–H groups in total. The maximum absolute atomic E-state index is 13.2. The zero-order valence-corrected chi connectivity index (χ0v) is 20.8. The molecule has 2 aromatic heterocycles. The topological polar surface area (TPSA) is 79.7 Å². The van der Waals surface area contributed by atoms with Crippen LogP contribution in [0.25, 0.3) is 10.9 Å². The first-order valence-corrected chi connectivity index (χ1v) is 13.2. The Bertz CT molecular complexity index is 1170. The van der Waals surface area contributed by atoms with Crippen molar-refractivity contribution in [2.75, 3.05) is 0 Å². The summed E-state index contributed by atoms with van der Waals surface area (Å²) in [6, 6.07) is 9.19. The Balaban J connectivity index is 1.55. The Labute approximate surface area is 201 Å². The van der Waals surface area contributed by atoms with E-state index in [0.29, 0.717) is 24.5 Å². The third kappa shape index (κ3) is 4.67. The Morgan fingerprint density at radius 1 is 1.06 bits per heavy atom. The van der Waals surface area contributed by atoms with Crippen molar-refractivity contribution in [2.24, 2.45) is 5.92 Å². The van der Waals surface area contributed by atoms with E-state index in [4.69, 9.17) is 0 Å². The first-order chi connectivity index (χ1) is 16.5. The number of rotatable bonds is 7. The molecule has 0 radical (unpaired) electrons. The molecule has 0 amide bonds. The molecule has 2 aliphatic rings. The van der Waals surface area contributed by atoms with Gasteiger partial charge in [-0.2, -0.15) is 0 Å². The van der Waals surface area contributed by atoms with Gasteiger partial charge in [-0.3, -0.25) is 9.69 Å². The van der Waals surface area contributed by atoms with Crippen LogP contribution >= 0.6 is 0 Å². The van der Waals surface area contributed by atoms with Gasteiger partial charge < -0.3 is 4.98 Å². The van der Waals surface area contributed by atoms with E-state index in [0.717, 1.165) is 35.1 Å². The molecule has 7 heteroatoms. The molecule has 0 bridgehead atoms. The lowest BCUT2D eigenvalue weighted by Crippen LogP contribution is -2.43. The van der Waals surface area contributed by atoms with Gasteiger partial charge in [-0.25, -0.2) is 4.68 Å². The highest BCUT2D eigenvalue weighted by Crippen LogP contribution is 2.38. The van der Waals surface area contributed by atoms with Crippen LogP contribution in [0.4, 0.5) is 0 Å². The van der Waals surface area contributed by atoms with Crippen molar-refractivity contribution in [3.05, 3.63) is 51.6 Å². The third-order valence-corrected chi connectivity index (χ3v) is 7.92. The van der Waals surface area contributed by atoms with Crippen molar-refractivity contribution < 1.29 is 0 Å². The van der Waals surface area contributed by atoms with Crippen molar-refractivity contribution in [3.8, 4) is 0 Å². The highest BCUT2D eigenvalue weighted by atomic mass is 16.1. The number of tetrazole rings is 1. The summed E-state index contributed by atoms with van der Waals surface area (Å²) in [6.07, 6.45) is 10.9. The number of nitrogens with one attached hydrogen (secondary N) is 1. The van der Waals surface area contributed by atoms with Crippen LogP contribution in [-0.4, -0.2) is 36.1 Å². The second-order valence-electron chi connectivity index (χ2n) is 10.8. The molecular weight excluding hydrogens is 424 g/mol. The molecule has 1 atom stereocenters. The average Bonchev–Trinajstić information content (AvgIpc) is 3.52. The average molecular weight is 463 g/mol. The summed E-state index contributed by atoms with van der Waals surface area (Å²) in [7, 11) is 0. The fraction of sp³-hybridized carbons (Fsp3) is 0.630. The smallest absolute Gasteiger partial charge is 0.252 e. The highest BCUT2D eigenvalue weighted by molar-refractivity contribution is 5.79. The van der Waals surface area contributed by atoms with E-state index in [1.165, 1.54) is 50.5 Å². The Hall–Kier alpha value is -2.54. The first kappa shape index (κ1) is 23.2. The Kier molecular flexibility index (Phi) is 6.82. The molecule has 2 aliphatic carbocycles. The predicted octanol–water partition coefficient (Wildman–Crippen LogP) is 5.47. The summed E-state index contributed by atoms with van der Waals surface area (Å²) in [4.78, 5) is 18.9. The molecular formula is C27H38N6O. The third-order valence-electron chi connectivity index (χ3n) is 7.92. The molecule has 34 heavy (non-hydrogen) atoms. The summed E-state index contributed by atoms with van der Waals surface area (Å²) < 4.78 is 2.11. The van der Waals surface area contributed by atoms with E-state index in [1.807, 2.05) is 12.1 Å². The summed E-state index contributed by atoms with van der Waals surface area (Å²) >= 11 is 0. The van der Waals surface area contributed by atoms with Crippen LogP contribution in [0.15, 0.2) is 29.1 Å². The van der Waals surface area contributed by atoms with E-state index in [9.17, 15) is 4.79 Å². The van der Waals surface area contributed by atoms with Crippen LogP contribution in [0, 0.1) is 12.8 Å². The van der Waals surface area contributed by atoms with Crippen molar-refractivity contribution in [1.29, 1.82) is 0 Å². The molecule has 2 fully saturated rings. The van der Waals surface area contributed by atoms with Crippen molar-refractivity contribution in [3.63, 3.8) is 0 Å². The SMILES string of the molecule is Cc1ccc2[nH]c(=O)c(CN(C3CCCCC3)[C@H](c3nnnn3C3CCCC3)C(C)C)cc2c1. The standard InChI is InChI=1S/C27H38N6O/c1-18(2)25(26-29-30-31-33(26)23-11-7-8-12-23)32(22-9-5-4-6-10-22)17-21-16-20-15-19(3)13-14-24(20)28-27(21)34/h13-16,18,22-23,25H,4-12,17H2,1-3H3,(H,28,34)/t25-/m0/s1. The minimum absolute atomic E-state index is 0.00931. The number of H-pyrrole nitrogens is 1. The molecule has 0 saturated heterocycles. The van der Waals surface area contributed by atoms with E-state index < -0.39 is 0 Å². The number of aromatic amines is 1. The zero-order valence-electron chi connectivity index (χ0n) is 20.8. The van der Waals surface area contributed by atoms with Gasteiger partial charge in [0.1, 0.15) is 0 Å². The number of aromatic nitrogens is 5. The second kappa shape index (κ2) is 9.98. The van der Waals surface area contributed by atoms with Gasteiger partial charge in [0.15, 0.2) is 5.82 Å². The predicted molar refractivity (Wildman–Crippen MR) is 135 cm³/mol. The van der Waals surface area contributed by atoms with Crippen LogP contribution in [0.5, 0.6) is 0 Å². The molecule has 0 unspecified atom stereocenters. The summed E-state index contributed by atoms with van der Waals surface area (Å²) in [5.41, 5.74) is 2.93. The maximum Gasteiger partial charge on any atom is 0.252 e. The normalized spacial score (nSPS) is 19.0.